The van der Waals surface area contributed by atoms with Crippen LogP contribution in [0.25, 0.3) is 11.1 Å². The lowest BCUT2D eigenvalue weighted by atomic mass is 9.80. The zero-order valence-electron chi connectivity index (χ0n) is 29.8. The molecule has 0 aliphatic carbocycles. The minimum atomic E-state index is -1.92. The van der Waals surface area contributed by atoms with Crippen LogP contribution in [0.15, 0.2) is 60.7 Å². The highest BCUT2D eigenvalue weighted by molar-refractivity contribution is 5.83. The number of benzene rings is 4. The highest BCUT2D eigenvalue weighted by Gasteiger charge is 2.51. The highest BCUT2D eigenvalue weighted by atomic mass is 16.6. The molecule has 4 atom stereocenters. The number of phenols is 4. The van der Waals surface area contributed by atoms with Crippen molar-refractivity contribution in [3.05, 3.63) is 82.9 Å². The topological polar surface area (TPSA) is 191 Å². The summed E-state index contributed by atoms with van der Waals surface area (Å²) in [5, 5.41) is 54.5. The van der Waals surface area contributed by atoms with E-state index in [0.717, 1.165) is 5.56 Å². The summed E-state index contributed by atoms with van der Waals surface area (Å²) >= 11 is 0. The van der Waals surface area contributed by atoms with E-state index in [1.165, 1.54) is 40.6 Å². The molecule has 0 spiro atoms. The van der Waals surface area contributed by atoms with Crippen LogP contribution in [0, 0.1) is 17.8 Å². The van der Waals surface area contributed by atoms with Crippen molar-refractivity contribution in [3.8, 4) is 57.1 Å². The summed E-state index contributed by atoms with van der Waals surface area (Å²) < 4.78 is 32.3. The van der Waals surface area contributed by atoms with Gasteiger partial charge in [0.25, 0.3) is 0 Å². The second kappa shape index (κ2) is 15.0. The third-order valence-corrected chi connectivity index (χ3v) is 10.2. The van der Waals surface area contributed by atoms with Crippen LogP contribution in [-0.4, -0.2) is 84.7 Å². The molecule has 0 radical (unpaired) electrons. The van der Waals surface area contributed by atoms with Gasteiger partial charge in [0.2, 0.25) is 0 Å². The minimum absolute atomic E-state index is 0.00935. The number of aliphatic hydroxyl groups is 1. The Bertz CT molecular complexity index is 2020. The van der Waals surface area contributed by atoms with Gasteiger partial charge >= 0.3 is 11.9 Å². The second-order valence-electron chi connectivity index (χ2n) is 13.4. The third-order valence-electron chi connectivity index (χ3n) is 10.2. The number of esters is 2. The first kappa shape index (κ1) is 37.0. The summed E-state index contributed by atoms with van der Waals surface area (Å²) in [6.45, 7) is 0.127. The lowest BCUT2D eigenvalue weighted by Gasteiger charge is -2.26. The average molecular weight is 731 g/mol. The van der Waals surface area contributed by atoms with Gasteiger partial charge in [0.1, 0.15) is 0 Å². The maximum Gasteiger partial charge on any atom is 0.338 e. The highest BCUT2D eigenvalue weighted by Crippen LogP contribution is 2.47. The Morgan fingerprint density at radius 3 is 1.70 bits per heavy atom. The Morgan fingerprint density at radius 1 is 0.623 bits per heavy atom. The smallest absolute Gasteiger partial charge is 0.338 e. The average Bonchev–Trinajstić information content (AvgIpc) is 3.63. The number of hydrogen-bond donors (Lipinski definition) is 5. The molecular formula is C40H42O13. The van der Waals surface area contributed by atoms with Crippen molar-refractivity contribution in [2.24, 2.45) is 17.8 Å². The molecule has 13 nitrogen and oxygen atoms in total. The van der Waals surface area contributed by atoms with E-state index in [0.29, 0.717) is 28.9 Å². The standard InChI is InChI=1S/C40H42O13/c1-48-32-14-21(5-7-30(32)41)9-25-19-52-38(45)27(25)11-24-13-29(37(44)35(17-24)51-4)28-12-23(16-34(50-3)36(28)43)10-26-20-53-39(46)40(26,47)18-22-6-8-31(42)33(15-22)49-2/h5-8,12-17,25-27,41-44,47H,9-11,18-20H2,1-4H3/t25-,26+,27+,40+/m1/s1. The lowest BCUT2D eigenvalue weighted by Crippen LogP contribution is -2.44. The molecule has 5 N–H and O–H groups in total. The fraction of sp³-hybridized carbons (Fsp3) is 0.350. The van der Waals surface area contributed by atoms with Crippen LogP contribution >= 0.6 is 0 Å². The number of rotatable bonds is 13. The van der Waals surface area contributed by atoms with Crippen LogP contribution in [0.4, 0.5) is 0 Å². The Kier molecular flexibility index (Phi) is 10.5. The fourth-order valence-electron chi connectivity index (χ4n) is 7.23. The fourth-order valence-corrected chi connectivity index (χ4v) is 7.23. The molecule has 0 unspecified atom stereocenters. The van der Waals surface area contributed by atoms with Crippen LogP contribution in [0.5, 0.6) is 46.0 Å². The first-order chi connectivity index (χ1) is 25.4. The van der Waals surface area contributed by atoms with Gasteiger partial charge in [-0.25, -0.2) is 4.79 Å². The van der Waals surface area contributed by atoms with Gasteiger partial charge in [-0.05, 0) is 90.0 Å². The summed E-state index contributed by atoms with van der Waals surface area (Å²) in [5.41, 5.74) is 1.06. The number of methoxy groups -OCH3 is 4. The molecule has 2 aliphatic heterocycles. The predicted molar refractivity (Wildman–Crippen MR) is 190 cm³/mol. The van der Waals surface area contributed by atoms with Gasteiger partial charge in [0, 0.05) is 29.4 Å². The van der Waals surface area contributed by atoms with E-state index in [1.54, 1.807) is 48.5 Å². The molecule has 2 fully saturated rings. The van der Waals surface area contributed by atoms with Gasteiger partial charge in [0.05, 0.1) is 47.6 Å². The quantitative estimate of drug-likeness (QED) is 0.121. The first-order valence-electron chi connectivity index (χ1n) is 17.0. The molecule has 2 heterocycles. The number of ether oxygens (including phenoxy) is 6. The summed E-state index contributed by atoms with van der Waals surface area (Å²) in [4.78, 5) is 26.0. The maximum absolute atomic E-state index is 13.0. The summed E-state index contributed by atoms with van der Waals surface area (Å²) in [6, 6.07) is 16.1. The number of phenolic OH excluding ortho intramolecular Hbond substituents is 4. The Balaban J connectivity index is 1.31. The van der Waals surface area contributed by atoms with E-state index in [-0.39, 0.29) is 95.7 Å². The van der Waals surface area contributed by atoms with Gasteiger partial charge in [0.15, 0.2) is 51.6 Å². The first-order valence-corrected chi connectivity index (χ1v) is 17.0. The van der Waals surface area contributed by atoms with Crippen LogP contribution in [-0.2, 0) is 44.7 Å². The normalized spacial score (nSPS) is 20.9. The number of cyclic esters (lactones) is 2. The predicted octanol–water partition coefficient (Wildman–Crippen LogP) is 4.47. The van der Waals surface area contributed by atoms with Crippen LogP contribution in [0.2, 0.25) is 0 Å². The number of hydrogen-bond acceptors (Lipinski definition) is 13. The molecule has 4 aromatic carbocycles. The molecule has 280 valence electrons. The molecule has 6 rings (SSSR count). The molecule has 2 aliphatic rings. The van der Waals surface area contributed by atoms with Crippen molar-refractivity contribution >= 4 is 11.9 Å². The van der Waals surface area contributed by atoms with Crippen molar-refractivity contribution in [1.82, 2.24) is 0 Å². The summed E-state index contributed by atoms with van der Waals surface area (Å²) in [5.74, 6) is -2.51. The van der Waals surface area contributed by atoms with Crippen molar-refractivity contribution in [2.75, 3.05) is 41.7 Å². The molecule has 0 aromatic heterocycles. The number of carbonyl (C=O) groups is 2. The van der Waals surface area contributed by atoms with Gasteiger partial charge in [-0.3, -0.25) is 4.79 Å². The van der Waals surface area contributed by atoms with Crippen molar-refractivity contribution in [1.29, 1.82) is 0 Å². The monoisotopic (exact) mass is 730 g/mol. The second-order valence-corrected chi connectivity index (χ2v) is 13.4. The summed E-state index contributed by atoms with van der Waals surface area (Å²) in [6.07, 6.45) is 0.724. The zero-order chi connectivity index (χ0) is 38.0. The van der Waals surface area contributed by atoms with Crippen molar-refractivity contribution in [3.63, 3.8) is 0 Å². The molecule has 4 aromatic rings. The SMILES string of the molecule is COc1cc(C[C@@H]2COC(=O)[C@H]2Cc2cc(OC)c(O)c(-c3cc(C[C@H]4COC(=O)[C@]4(O)Cc4ccc(O)c(OC)c4)cc(OC)c3O)c2)ccc1O. The molecule has 0 bridgehead atoms. The molecule has 0 amide bonds. The molecule has 53 heavy (non-hydrogen) atoms. The molecule has 2 saturated heterocycles. The van der Waals surface area contributed by atoms with Crippen molar-refractivity contribution in [2.45, 2.75) is 31.3 Å². The molecule has 13 heteroatoms. The van der Waals surface area contributed by atoms with E-state index in [1.807, 2.05) is 0 Å². The number of carbonyl (C=O) groups excluding carboxylic acids is 2. The van der Waals surface area contributed by atoms with Gasteiger partial charge in [-0.15, -0.1) is 0 Å². The zero-order valence-corrected chi connectivity index (χ0v) is 29.8. The van der Waals surface area contributed by atoms with Gasteiger partial charge in [-0.1, -0.05) is 12.1 Å². The Labute approximate surface area is 305 Å². The van der Waals surface area contributed by atoms with Crippen molar-refractivity contribution < 1.29 is 63.5 Å². The third kappa shape index (κ3) is 7.29. The Morgan fingerprint density at radius 2 is 1.13 bits per heavy atom. The van der Waals surface area contributed by atoms with E-state index >= 15 is 0 Å². The van der Waals surface area contributed by atoms with Crippen LogP contribution in [0.1, 0.15) is 22.3 Å². The largest absolute Gasteiger partial charge is 0.504 e. The van der Waals surface area contributed by atoms with E-state index in [4.69, 9.17) is 28.4 Å². The minimum Gasteiger partial charge on any atom is -0.504 e. The molecular weight excluding hydrogens is 688 g/mol. The molecule has 0 saturated carbocycles. The van der Waals surface area contributed by atoms with Crippen LogP contribution < -0.4 is 18.9 Å². The summed E-state index contributed by atoms with van der Waals surface area (Å²) in [7, 11) is 5.64. The van der Waals surface area contributed by atoms with E-state index in [9.17, 15) is 35.1 Å². The van der Waals surface area contributed by atoms with Crippen LogP contribution in [0.3, 0.4) is 0 Å². The maximum atomic E-state index is 13.0. The van der Waals surface area contributed by atoms with E-state index in [2.05, 4.69) is 0 Å². The lowest BCUT2D eigenvalue weighted by molar-refractivity contribution is -0.154. The van der Waals surface area contributed by atoms with Gasteiger partial charge < -0.3 is 54.0 Å². The Hall–Kier alpha value is -5.82. The van der Waals surface area contributed by atoms with Gasteiger partial charge in [-0.2, -0.15) is 0 Å². The number of aromatic hydroxyl groups is 4. The van der Waals surface area contributed by atoms with E-state index < -0.39 is 23.4 Å².